The Morgan fingerprint density at radius 2 is 2.24 bits per heavy atom. The molecule has 0 amide bonds. The number of benzene rings is 1. The van der Waals surface area contributed by atoms with E-state index in [1.807, 2.05) is 25.1 Å². The summed E-state index contributed by atoms with van der Waals surface area (Å²) in [6.07, 6.45) is 1.07. The number of aromatic amines is 1. The monoisotopic (exact) mass is 326 g/mol. The number of aromatic nitrogens is 3. The van der Waals surface area contributed by atoms with Crippen LogP contribution in [0, 0.1) is 0 Å². The van der Waals surface area contributed by atoms with Crippen LogP contribution in [0.1, 0.15) is 25.8 Å². The van der Waals surface area contributed by atoms with Crippen molar-refractivity contribution in [2.24, 2.45) is 0 Å². The number of rotatable bonds is 7. The summed E-state index contributed by atoms with van der Waals surface area (Å²) in [5.41, 5.74) is 0.850. The topological polar surface area (TPSA) is 62.7 Å². The van der Waals surface area contributed by atoms with Gasteiger partial charge in [-0.2, -0.15) is 0 Å². The maximum Gasteiger partial charge on any atom is 0.343 e. The van der Waals surface area contributed by atoms with Gasteiger partial charge in [0.05, 0.1) is 0 Å². The first-order valence-corrected chi connectivity index (χ1v) is 8.18. The number of hydrogen-bond acceptors (Lipinski definition) is 4. The Labute approximate surface area is 133 Å². The van der Waals surface area contributed by atoms with Crippen LogP contribution in [0.5, 0.6) is 0 Å². The standard InChI is InChI=1S/C14H19ClN4OS/c1-3-8-16-9-10-11(15)6-5-7-12(10)21-14-18-17-13(20)19(14)4-2/h5-7,16H,3-4,8-9H2,1-2H3,(H,17,20). The molecule has 0 saturated carbocycles. The highest BCUT2D eigenvalue weighted by Crippen LogP contribution is 2.32. The molecule has 0 aliphatic carbocycles. The second kappa shape index (κ2) is 7.68. The molecule has 21 heavy (non-hydrogen) atoms. The van der Waals surface area contributed by atoms with Gasteiger partial charge >= 0.3 is 5.69 Å². The minimum absolute atomic E-state index is 0.187. The van der Waals surface area contributed by atoms with E-state index in [4.69, 9.17) is 11.6 Å². The second-order valence-electron chi connectivity index (χ2n) is 4.55. The summed E-state index contributed by atoms with van der Waals surface area (Å²) in [5.74, 6) is 0. The van der Waals surface area contributed by atoms with Crippen LogP contribution in [-0.4, -0.2) is 21.3 Å². The first kappa shape index (κ1) is 16.1. The smallest absolute Gasteiger partial charge is 0.313 e. The third-order valence-corrected chi connectivity index (χ3v) is 4.50. The van der Waals surface area contributed by atoms with Gasteiger partial charge < -0.3 is 5.32 Å². The quantitative estimate of drug-likeness (QED) is 0.768. The van der Waals surface area contributed by atoms with E-state index in [2.05, 4.69) is 22.4 Å². The number of hydrogen-bond donors (Lipinski definition) is 2. The highest BCUT2D eigenvalue weighted by Gasteiger charge is 2.13. The SMILES string of the molecule is CCCNCc1c(Cl)cccc1Sc1n[nH]c(=O)n1CC. The molecule has 114 valence electrons. The van der Waals surface area contributed by atoms with Crippen LogP contribution >= 0.6 is 23.4 Å². The molecule has 0 radical (unpaired) electrons. The molecule has 0 saturated heterocycles. The Kier molecular flexibility index (Phi) is 5.90. The molecule has 0 fully saturated rings. The number of nitrogens with zero attached hydrogens (tertiary/aromatic N) is 2. The van der Waals surface area contributed by atoms with Gasteiger partial charge in [0.2, 0.25) is 0 Å². The van der Waals surface area contributed by atoms with Gasteiger partial charge in [0.25, 0.3) is 0 Å². The van der Waals surface area contributed by atoms with Crippen LogP contribution in [0.3, 0.4) is 0 Å². The fraction of sp³-hybridized carbons (Fsp3) is 0.429. The van der Waals surface area contributed by atoms with E-state index in [1.54, 1.807) is 4.57 Å². The molecule has 7 heteroatoms. The highest BCUT2D eigenvalue weighted by molar-refractivity contribution is 7.99. The number of H-pyrrole nitrogens is 1. The number of halogens is 1. The lowest BCUT2D eigenvalue weighted by Crippen LogP contribution is -2.16. The van der Waals surface area contributed by atoms with Crippen molar-refractivity contribution < 1.29 is 0 Å². The van der Waals surface area contributed by atoms with E-state index in [9.17, 15) is 4.79 Å². The van der Waals surface area contributed by atoms with Crippen LogP contribution < -0.4 is 11.0 Å². The lowest BCUT2D eigenvalue weighted by Gasteiger charge is -2.11. The lowest BCUT2D eigenvalue weighted by atomic mass is 10.2. The van der Waals surface area contributed by atoms with Gasteiger partial charge in [-0.3, -0.25) is 4.57 Å². The van der Waals surface area contributed by atoms with Gasteiger partial charge in [-0.25, -0.2) is 9.89 Å². The minimum atomic E-state index is -0.187. The normalized spacial score (nSPS) is 11.0. The first-order valence-electron chi connectivity index (χ1n) is 6.98. The van der Waals surface area contributed by atoms with E-state index in [-0.39, 0.29) is 5.69 Å². The molecule has 2 rings (SSSR count). The Morgan fingerprint density at radius 1 is 1.43 bits per heavy atom. The minimum Gasteiger partial charge on any atom is -0.313 e. The van der Waals surface area contributed by atoms with Crippen LogP contribution in [0.4, 0.5) is 0 Å². The van der Waals surface area contributed by atoms with Gasteiger partial charge in [-0.05, 0) is 49.3 Å². The average molecular weight is 327 g/mol. The highest BCUT2D eigenvalue weighted by atomic mass is 35.5. The summed E-state index contributed by atoms with van der Waals surface area (Å²) >= 11 is 7.76. The van der Waals surface area contributed by atoms with Crippen molar-refractivity contribution in [3.05, 3.63) is 39.3 Å². The van der Waals surface area contributed by atoms with Gasteiger partial charge in [0.1, 0.15) is 0 Å². The van der Waals surface area contributed by atoms with Gasteiger partial charge in [0.15, 0.2) is 5.16 Å². The molecular weight excluding hydrogens is 308 g/mol. The van der Waals surface area contributed by atoms with Crippen molar-refractivity contribution >= 4 is 23.4 Å². The van der Waals surface area contributed by atoms with Crippen molar-refractivity contribution in [3.8, 4) is 0 Å². The Balaban J connectivity index is 2.26. The largest absolute Gasteiger partial charge is 0.343 e. The fourth-order valence-corrected chi connectivity index (χ4v) is 3.31. The predicted octanol–water partition coefficient (Wildman–Crippen LogP) is 2.90. The summed E-state index contributed by atoms with van der Waals surface area (Å²) in [6, 6.07) is 5.79. The molecule has 0 atom stereocenters. The van der Waals surface area contributed by atoms with Gasteiger partial charge in [-0.1, -0.05) is 24.6 Å². The Hall–Kier alpha value is -1.24. The molecule has 0 bridgehead atoms. The zero-order valence-electron chi connectivity index (χ0n) is 12.1. The third-order valence-electron chi connectivity index (χ3n) is 3.05. The molecule has 1 aromatic carbocycles. The lowest BCUT2D eigenvalue weighted by molar-refractivity contribution is 0.658. The molecule has 0 spiro atoms. The zero-order chi connectivity index (χ0) is 15.2. The summed E-state index contributed by atoms with van der Waals surface area (Å²) in [4.78, 5) is 12.6. The van der Waals surface area contributed by atoms with E-state index in [0.717, 1.165) is 28.4 Å². The van der Waals surface area contributed by atoms with E-state index >= 15 is 0 Å². The van der Waals surface area contributed by atoms with Crippen LogP contribution in [0.25, 0.3) is 0 Å². The Bertz CT molecular complexity index is 653. The molecule has 2 N–H and O–H groups in total. The fourth-order valence-electron chi connectivity index (χ4n) is 1.95. The molecule has 1 aromatic heterocycles. The first-order chi connectivity index (χ1) is 10.2. The van der Waals surface area contributed by atoms with Gasteiger partial charge in [0, 0.05) is 23.0 Å². The summed E-state index contributed by atoms with van der Waals surface area (Å²) in [6.45, 7) is 6.28. The van der Waals surface area contributed by atoms with E-state index < -0.39 is 0 Å². The molecular formula is C14H19ClN4OS. The average Bonchev–Trinajstić information content (AvgIpc) is 2.82. The van der Waals surface area contributed by atoms with Crippen LogP contribution in [0.15, 0.2) is 33.0 Å². The van der Waals surface area contributed by atoms with Gasteiger partial charge in [-0.15, -0.1) is 5.10 Å². The van der Waals surface area contributed by atoms with Crippen LogP contribution in [0.2, 0.25) is 5.02 Å². The third kappa shape index (κ3) is 3.90. The molecule has 0 unspecified atom stereocenters. The summed E-state index contributed by atoms with van der Waals surface area (Å²) < 4.78 is 1.61. The maximum absolute atomic E-state index is 11.6. The van der Waals surface area contributed by atoms with Crippen molar-refractivity contribution in [1.29, 1.82) is 0 Å². The van der Waals surface area contributed by atoms with E-state index in [1.165, 1.54) is 11.8 Å². The molecule has 0 aliphatic rings. The molecule has 0 aliphatic heterocycles. The summed E-state index contributed by atoms with van der Waals surface area (Å²) in [5, 5.41) is 11.3. The second-order valence-corrected chi connectivity index (χ2v) is 5.97. The predicted molar refractivity (Wildman–Crippen MR) is 86.1 cm³/mol. The van der Waals surface area contributed by atoms with Crippen molar-refractivity contribution in [3.63, 3.8) is 0 Å². The van der Waals surface area contributed by atoms with Crippen LogP contribution in [-0.2, 0) is 13.1 Å². The molecule has 1 heterocycles. The molecule has 5 nitrogen and oxygen atoms in total. The zero-order valence-corrected chi connectivity index (χ0v) is 13.7. The summed E-state index contributed by atoms with van der Waals surface area (Å²) in [7, 11) is 0. The van der Waals surface area contributed by atoms with Crippen molar-refractivity contribution in [2.45, 2.75) is 43.4 Å². The maximum atomic E-state index is 11.6. The Morgan fingerprint density at radius 3 is 2.95 bits per heavy atom. The van der Waals surface area contributed by atoms with Crippen molar-refractivity contribution in [1.82, 2.24) is 20.1 Å². The number of nitrogens with one attached hydrogen (secondary N) is 2. The van der Waals surface area contributed by atoms with Crippen molar-refractivity contribution in [2.75, 3.05) is 6.54 Å². The molecule has 2 aromatic rings. The van der Waals surface area contributed by atoms with E-state index in [0.29, 0.717) is 18.2 Å².